The normalized spacial score (nSPS) is 11.5. The molecule has 2 amide bonds. The lowest BCUT2D eigenvalue weighted by Gasteiger charge is -2.13. The topological polar surface area (TPSA) is 67.4 Å². The van der Waals surface area contributed by atoms with Crippen LogP contribution >= 0.6 is 11.8 Å². The van der Waals surface area contributed by atoms with Gasteiger partial charge in [0, 0.05) is 22.7 Å². The molecule has 0 saturated heterocycles. The maximum absolute atomic E-state index is 12.4. The highest BCUT2D eigenvalue weighted by Crippen LogP contribution is 2.26. The number of methoxy groups -OCH3 is 1. The Balaban J connectivity index is 1.85. The Morgan fingerprint density at radius 3 is 2.19 bits per heavy atom. The van der Waals surface area contributed by atoms with E-state index in [1.54, 1.807) is 19.2 Å². The minimum atomic E-state index is -0.253. The average Bonchev–Trinajstić information content (AvgIpc) is 2.68. The highest BCUT2D eigenvalue weighted by atomic mass is 32.2. The molecule has 1 unspecified atom stereocenters. The average molecular weight is 387 g/mol. The van der Waals surface area contributed by atoms with Crippen LogP contribution in [0.25, 0.3) is 0 Å². The summed E-state index contributed by atoms with van der Waals surface area (Å²) in [6.45, 7) is 3.93. The standard InChI is InChI=1S/C21H26N2O3S/c1-4-5-6-20(24)22-16-9-13-19(14-10-16)27-15(2)21(25)23-17-7-11-18(26-3)12-8-17/h7-15H,4-6H2,1-3H3,(H,22,24)(H,23,25). The monoisotopic (exact) mass is 386 g/mol. The van der Waals surface area contributed by atoms with Crippen LogP contribution in [0, 0.1) is 0 Å². The molecule has 0 aliphatic rings. The van der Waals surface area contributed by atoms with Crippen LogP contribution in [0.3, 0.4) is 0 Å². The number of carbonyl (C=O) groups is 2. The summed E-state index contributed by atoms with van der Waals surface area (Å²) >= 11 is 1.47. The number of amides is 2. The van der Waals surface area contributed by atoms with Crippen LogP contribution < -0.4 is 15.4 Å². The summed E-state index contributed by atoms with van der Waals surface area (Å²) in [6.07, 6.45) is 2.43. The van der Waals surface area contributed by atoms with Gasteiger partial charge in [-0.3, -0.25) is 9.59 Å². The molecule has 2 aromatic rings. The molecule has 2 N–H and O–H groups in total. The molecular formula is C21H26N2O3S. The zero-order valence-electron chi connectivity index (χ0n) is 16.0. The van der Waals surface area contributed by atoms with Gasteiger partial charge in [0.1, 0.15) is 5.75 Å². The van der Waals surface area contributed by atoms with E-state index in [4.69, 9.17) is 4.74 Å². The van der Waals surface area contributed by atoms with E-state index >= 15 is 0 Å². The van der Waals surface area contributed by atoms with Gasteiger partial charge in [0.25, 0.3) is 0 Å². The molecule has 0 heterocycles. The van der Waals surface area contributed by atoms with Crippen LogP contribution in [0.5, 0.6) is 5.75 Å². The first-order valence-corrected chi connectivity index (χ1v) is 9.91. The molecule has 0 spiro atoms. The van der Waals surface area contributed by atoms with E-state index in [0.29, 0.717) is 6.42 Å². The molecule has 27 heavy (non-hydrogen) atoms. The Morgan fingerprint density at radius 1 is 1.00 bits per heavy atom. The summed E-state index contributed by atoms with van der Waals surface area (Å²) in [5.41, 5.74) is 1.51. The van der Waals surface area contributed by atoms with Gasteiger partial charge in [0.2, 0.25) is 11.8 Å². The van der Waals surface area contributed by atoms with Gasteiger partial charge in [-0.2, -0.15) is 0 Å². The summed E-state index contributed by atoms with van der Waals surface area (Å²) in [4.78, 5) is 25.1. The van der Waals surface area contributed by atoms with E-state index in [0.717, 1.165) is 34.9 Å². The second kappa shape index (κ2) is 10.6. The Morgan fingerprint density at radius 2 is 1.59 bits per heavy atom. The molecule has 0 bridgehead atoms. The van der Waals surface area contributed by atoms with Gasteiger partial charge in [0.15, 0.2) is 0 Å². The van der Waals surface area contributed by atoms with Crippen molar-refractivity contribution in [1.82, 2.24) is 0 Å². The van der Waals surface area contributed by atoms with E-state index in [1.165, 1.54) is 11.8 Å². The van der Waals surface area contributed by atoms with Crippen molar-refractivity contribution in [3.63, 3.8) is 0 Å². The lowest BCUT2D eigenvalue weighted by Crippen LogP contribution is -2.22. The molecule has 0 fully saturated rings. The number of hydrogen-bond acceptors (Lipinski definition) is 4. The first-order chi connectivity index (χ1) is 13.0. The third kappa shape index (κ3) is 6.98. The molecule has 0 aromatic heterocycles. The largest absolute Gasteiger partial charge is 0.497 e. The number of benzene rings is 2. The number of unbranched alkanes of at least 4 members (excludes halogenated alkanes) is 1. The SMILES string of the molecule is CCCCC(=O)Nc1ccc(SC(C)C(=O)Nc2ccc(OC)cc2)cc1. The van der Waals surface area contributed by atoms with Gasteiger partial charge in [0.05, 0.1) is 12.4 Å². The molecular weight excluding hydrogens is 360 g/mol. The van der Waals surface area contributed by atoms with Crippen molar-refractivity contribution < 1.29 is 14.3 Å². The van der Waals surface area contributed by atoms with Gasteiger partial charge in [-0.1, -0.05) is 13.3 Å². The second-order valence-corrected chi connectivity index (χ2v) is 7.57. The van der Waals surface area contributed by atoms with Crippen molar-refractivity contribution in [2.24, 2.45) is 0 Å². The van der Waals surface area contributed by atoms with Crippen LogP contribution in [0.2, 0.25) is 0 Å². The first kappa shape index (κ1) is 20.8. The molecule has 0 saturated carbocycles. The predicted molar refractivity (Wildman–Crippen MR) is 112 cm³/mol. The molecule has 0 aliphatic carbocycles. The number of nitrogens with one attached hydrogen (secondary N) is 2. The quantitative estimate of drug-likeness (QED) is 0.599. The minimum absolute atomic E-state index is 0.0319. The molecule has 0 aliphatic heterocycles. The van der Waals surface area contributed by atoms with Crippen LogP contribution in [0.15, 0.2) is 53.4 Å². The summed E-state index contributed by atoms with van der Waals surface area (Å²) in [6, 6.07) is 14.8. The minimum Gasteiger partial charge on any atom is -0.497 e. The number of anilines is 2. The molecule has 0 radical (unpaired) electrons. The summed E-state index contributed by atoms with van der Waals surface area (Å²) in [5, 5.41) is 5.53. The number of hydrogen-bond donors (Lipinski definition) is 2. The molecule has 5 nitrogen and oxygen atoms in total. The van der Waals surface area contributed by atoms with E-state index in [1.807, 2.05) is 43.3 Å². The van der Waals surface area contributed by atoms with Gasteiger partial charge < -0.3 is 15.4 Å². The number of carbonyl (C=O) groups excluding carboxylic acids is 2. The molecule has 6 heteroatoms. The van der Waals surface area contributed by atoms with Crippen molar-refractivity contribution in [2.75, 3.05) is 17.7 Å². The van der Waals surface area contributed by atoms with Gasteiger partial charge in [-0.25, -0.2) is 0 Å². The second-order valence-electron chi connectivity index (χ2n) is 6.15. The van der Waals surface area contributed by atoms with Gasteiger partial charge >= 0.3 is 0 Å². The fourth-order valence-electron chi connectivity index (χ4n) is 2.35. The van der Waals surface area contributed by atoms with E-state index in [-0.39, 0.29) is 17.1 Å². The smallest absolute Gasteiger partial charge is 0.237 e. The summed E-state index contributed by atoms with van der Waals surface area (Å²) in [7, 11) is 1.61. The third-order valence-corrected chi connectivity index (χ3v) is 5.05. The van der Waals surface area contributed by atoms with Crippen LogP contribution in [-0.4, -0.2) is 24.2 Å². The Labute approximate surface area is 164 Å². The third-order valence-electron chi connectivity index (χ3n) is 3.94. The maximum atomic E-state index is 12.4. The first-order valence-electron chi connectivity index (χ1n) is 9.03. The van der Waals surface area contributed by atoms with Gasteiger partial charge in [-0.15, -0.1) is 11.8 Å². The highest BCUT2D eigenvalue weighted by molar-refractivity contribution is 8.00. The number of ether oxygens (including phenoxy) is 1. The molecule has 2 aromatic carbocycles. The van der Waals surface area contributed by atoms with Crippen LogP contribution in [0.4, 0.5) is 11.4 Å². The Kier molecular flexibility index (Phi) is 8.20. The summed E-state index contributed by atoms with van der Waals surface area (Å²) < 4.78 is 5.11. The van der Waals surface area contributed by atoms with Gasteiger partial charge in [-0.05, 0) is 61.9 Å². The zero-order chi connectivity index (χ0) is 19.6. The van der Waals surface area contributed by atoms with Crippen LogP contribution in [-0.2, 0) is 9.59 Å². The highest BCUT2D eigenvalue weighted by Gasteiger charge is 2.14. The summed E-state index contributed by atoms with van der Waals surface area (Å²) in [5.74, 6) is 0.712. The lowest BCUT2D eigenvalue weighted by molar-refractivity contribution is -0.116. The molecule has 1 atom stereocenters. The molecule has 144 valence electrons. The zero-order valence-corrected chi connectivity index (χ0v) is 16.8. The fourth-order valence-corrected chi connectivity index (χ4v) is 3.22. The number of thioether (sulfide) groups is 1. The van der Waals surface area contributed by atoms with Crippen LogP contribution in [0.1, 0.15) is 33.1 Å². The van der Waals surface area contributed by atoms with Crippen molar-refractivity contribution >= 4 is 35.0 Å². The van der Waals surface area contributed by atoms with E-state index < -0.39 is 0 Å². The fraction of sp³-hybridized carbons (Fsp3) is 0.333. The van der Waals surface area contributed by atoms with E-state index in [9.17, 15) is 9.59 Å². The Hall–Kier alpha value is -2.47. The van der Waals surface area contributed by atoms with E-state index in [2.05, 4.69) is 17.6 Å². The van der Waals surface area contributed by atoms with Crippen molar-refractivity contribution in [3.05, 3.63) is 48.5 Å². The lowest BCUT2D eigenvalue weighted by atomic mass is 10.2. The molecule has 2 rings (SSSR count). The van der Waals surface area contributed by atoms with Crippen molar-refractivity contribution in [2.45, 2.75) is 43.3 Å². The number of rotatable bonds is 9. The maximum Gasteiger partial charge on any atom is 0.237 e. The Bertz CT molecular complexity index is 745. The predicted octanol–water partition coefficient (Wildman–Crippen LogP) is 4.94. The van der Waals surface area contributed by atoms with Crippen molar-refractivity contribution in [3.8, 4) is 5.75 Å². The van der Waals surface area contributed by atoms with Crippen molar-refractivity contribution in [1.29, 1.82) is 0 Å².